The number of nitrogens with two attached hydrogens (primary N) is 1. The summed E-state index contributed by atoms with van der Waals surface area (Å²) in [4.78, 5) is 15.3. The largest absolute Gasteiger partial charge is 0.455 e. The van der Waals surface area contributed by atoms with Crippen molar-refractivity contribution in [1.82, 2.24) is 4.90 Å². The zero-order chi connectivity index (χ0) is 19.7. The molecular weight excluding hydrogens is 371 g/mol. The second-order valence-electron chi connectivity index (χ2n) is 9.76. The van der Waals surface area contributed by atoms with Gasteiger partial charge < -0.3 is 20.7 Å². The van der Waals surface area contributed by atoms with Gasteiger partial charge in [-0.3, -0.25) is 4.79 Å². The quantitative estimate of drug-likeness (QED) is 0.623. The molecule has 2 aliphatic heterocycles. The zero-order valence-electron chi connectivity index (χ0n) is 17.0. The molecule has 2 saturated carbocycles. The van der Waals surface area contributed by atoms with Crippen LogP contribution in [-0.4, -0.2) is 58.1 Å². The molecule has 2 saturated heterocycles. The summed E-state index contributed by atoms with van der Waals surface area (Å²) in [5, 5.41) is 19.9. The van der Waals surface area contributed by atoms with Crippen LogP contribution in [0.1, 0.15) is 64.2 Å². The highest BCUT2D eigenvalue weighted by molar-refractivity contribution is 8.01. The number of amides is 1. The minimum absolute atomic E-state index is 0.0298. The molecule has 0 radical (unpaired) electrons. The average Bonchev–Trinajstić information content (AvgIpc) is 3.17. The van der Waals surface area contributed by atoms with Crippen LogP contribution >= 0.6 is 11.8 Å². The maximum atomic E-state index is 13.2. The first-order valence-corrected chi connectivity index (χ1v) is 12.5. The van der Waals surface area contributed by atoms with Gasteiger partial charge in [0.2, 0.25) is 5.91 Å². The predicted octanol–water partition coefficient (Wildman–Crippen LogP) is 2.51. The van der Waals surface area contributed by atoms with Crippen LogP contribution in [0, 0.1) is 23.7 Å². The number of fused-ring (bicyclic) bond motifs is 1. The van der Waals surface area contributed by atoms with E-state index >= 15 is 0 Å². The first-order chi connectivity index (χ1) is 13.6. The Morgan fingerprint density at radius 1 is 1.00 bits per heavy atom. The third kappa shape index (κ3) is 4.42. The third-order valence-corrected chi connectivity index (χ3v) is 9.87. The van der Waals surface area contributed by atoms with Gasteiger partial charge in [0.1, 0.15) is 0 Å². The SMILES string of the molecule is NCC1CCCC(C2CCN(C(=O)C3CC4C(CCCC4B(O)O)S3)CC2)C1. The topological polar surface area (TPSA) is 86.8 Å². The Hall–Kier alpha value is -0.235. The number of hydrogen-bond acceptors (Lipinski definition) is 5. The molecule has 4 rings (SSSR count). The van der Waals surface area contributed by atoms with E-state index in [1.54, 1.807) is 0 Å². The highest BCUT2D eigenvalue weighted by atomic mass is 32.2. The lowest BCUT2D eigenvalue weighted by Gasteiger charge is -2.40. The van der Waals surface area contributed by atoms with Gasteiger partial charge in [-0.25, -0.2) is 0 Å². The summed E-state index contributed by atoms with van der Waals surface area (Å²) >= 11 is 1.82. The van der Waals surface area contributed by atoms with Gasteiger partial charge in [0.25, 0.3) is 0 Å². The molecule has 0 aromatic heterocycles. The van der Waals surface area contributed by atoms with Crippen LogP contribution < -0.4 is 5.73 Å². The minimum Gasteiger partial charge on any atom is -0.427 e. The Labute approximate surface area is 174 Å². The summed E-state index contributed by atoms with van der Waals surface area (Å²) in [5.74, 6) is 2.86. The van der Waals surface area contributed by atoms with Crippen molar-refractivity contribution >= 4 is 24.8 Å². The first kappa shape index (κ1) is 21.0. The smallest absolute Gasteiger partial charge is 0.427 e. The average molecular weight is 408 g/mol. The number of carbonyl (C=O) groups excluding carboxylic acids is 1. The Morgan fingerprint density at radius 2 is 1.75 bits per heavy atom. The summed E-state index contributed by atoms with van der Waals surface area (Å²) < 4.78 is 0. The van der Waals surface area contributed by atoms with E-state index in [2.05, 4.69) is 4.90 Å². The van der Waals surface area contributed by atoms with Gasteiger partial charge in [0.05, 0.1) is 5.25 Å². The number of likely N-dealkylation sites (tertiary alicyclic amines) is 1. The number of rotatable bonds is 4. The maximum Gasteiger partial charge on any atom is 0.455 e. The van der Waals surface area contributed by atoms with Gasteiger partial charge in [-0.2, -0.15) is 0 Å². The fourth-order valence-electron chi connectivity index (χ4n) is 6.57. The summed E-state index contributed by atoms with van der Waals surface area (Å²) in [6.07, 6.45) is 11.5. The van der Waals surface area contributed by atoms with E-state index in [0.717, 1.165) is 70.0 Å². The fourth-order valence-corrected chi connectivity index (χ4v) is 8.41. The molecule has 4 N–H and O–H groups in total. The standard InChI is InChI=1S/C21H37BN2O3S/c23-13-14-3-1-4-16(11-14)15-7-9-24(10-8-15)21(25)20-12-17-18(22(26)27)5-2-6-19(17)28-20/h14-20,26-27H,1-13,23H2. The number of nitrogens with zero attached hydrogens (tertiary/aromatic N) is 1. The second-order valence-corrected chi connectivity index (χ2v) is 11.2. The molecule has 5 nitrogen and oxygen atoms in total. The van der Waals surface area contributed by atoms with Crippen molar-refractivity contribution in [2.45, 2.75) is 80.5 Å². The predicted molar refractivity (Wildman–Crippen MR) is 115 cm³/mol. The Bertz CT molecular complexity index is 544. The van der Waals surface area contributed by atoms with Crippen LogP contribution in [0.2, 0.25) is 5.82 Å². The molecule has 2 aliphatic carbocycles. The Morgan fingerprint density at radius 3 is 2.46 bits per heavy atom. The normalized spacial score (nSPS) is 39.6. The molecule has 0 aromatic carbocycles. The summed E-state index contributed by atoms with van der Waals surface area (Å²) in [7, 11) is -1.23. The van der Waals surface area contributed by atoms with Gasteiger partial charge in [-0.05, 0) is 74.6 Å². The molecule has 6 unspecified atom stereocenters. The van der Waals surface area contributed by atoms with Gasteiger partial charge >= 0.3 is 7.12 Å². The van der Waals surface area contributed by atoms with E-state index in [-0.39, 0.29) is 11.1 Å². The highest BCUT2D eigenvalue weighted by Gasteiger charge is 2.48. The van der Waals surface area contributed by atoms with Crippen molar-refractivity contribution < 1.29 is 14.8 Å². The van der Waals surface area contributed by atoms with Crippen LogP contribution in [0.5, 0.6) is 0 Å². The molecule has 7 heteroatoms. The molecule has 1 amide bonds. The lowest BCUT2D eigenvalue weighted by Crippen LogP contribution is -2.44. The van der Waals surface area contributed by atoms with Crippen molar-refractivity contribution in [2.75, 3.05) is 19.6 Å². The summed E-state index contributed by atoms with van der Waals surface area (Å²) in [6.45, 7) is 2.65. The minimum atomic E-state index is -1.23. The fraction of sp³-hybridized carbons (Fsp3) is 0.952. The van der Waals surface area contributed by atoms with Crippen molar-refractivity contribution in [3.63, 3.8) is 0 Å². The van der Waals surface area contributed by atoms with Crippen LogP contribution in [0.25, 0.3) is 0 Å². The van der Waals surface area contributed by atoms with Crippen LogP contribution in [0.3, 0.4) is 0 Å². The number of hydrogen-bond donors (Lipinski definition) is 3. The van der Waals surface area contributed by atoms with E-state index in [1.165, 1.54) is 25.7 Å². The zero-order valence-corrected chi connectivity index (χ0v) is 17.9. The van der Waals surface area contributed by atoms with Crippen LogP contribution in [0.15, 0.2) is 0 Å². The van der Waals surface area contributed by atoms with Crippen molar-refractivity contribution in [1.29, 1.82) is 0 Å². The molecule has 0 aromatic rings. The van der Waals surface area contributed by atoms with E-state index in [9.17, 15) is 14.8 Å². The summed E-state index contributed by atoms with van der Waals surface area (Å²) in [6, 6.07) is 0. The van der Waals surface area contributed by atoms with E-state index in [4.69, 9.17) is 5.73 Å². The molecule has 4 fully saturated rings. The van der Waals surface area contributed by atoms with Crippen molar-refractivity contribution in [3.05, 3.63) is 0 Å². The number of thioether (sulfide) groups is 1. The third-order valence-electron chi connectivity index (χ3n) is 8.21. The molecule has 0 bridgehead atoms. The molecular formula is C21H37BN2O3S. The molecule has 6 atom stereocenters. The second kappa shape index (κ2) is 9.28. The van der Waals surface area contributed by atoms with E-state index in [1.807, 2.05) is 11.8 Å². The number of piperidine rings is 1. The maximum absolute atomic E-state index is 13.2. The lowest BCUT2D eigenvalue weighted by molar-refractivity contribution is -0.132. The van der Waals surface area contributed by atoms with E-state index < -0.39 is 7.12 Å². The molecule has 0 spiro atoms. The highest BCUT2D eigenvalue weighted by Crippen LogP contribution is 2.52. The molecule has 158 valence electrons. The van der Waals surface area contributed by atoms with Crippen LogP contribution in [-0.2, 0) is 4.79 Å². The number of carbonyl (C=O) groups is 1. The Balaban J connectivity index is 1.29. The summed E-state index contributed by atoms with van der Waals surface area (Å²) in [5.41, 5.74) is 5.92. The van der Waals surface area contributed by atoms with Gasteiger partial charge in [-0.15, -0.1) is 11.8 Å². The molecule has 2 heterocycles. The van der Waals surface area contributed by atoms with Crippen LogP contribution in [0.4, 0.5) is 0 Å². The van der Waals surface area contributed by atoms with Gasteiger partial charge in [0.15, 0.2) is 0 Å². The Kier molecular flexibility index (Phi) is 6.96. The lowest BCUT2D eigenvalue weighted by atomic mass is 9.59. The first-order valence-electron chi connectivity index (χ1n) is 11.6. The van der Waals surface area contributed by atoms with E-state index in [0.29, 0.717) is 23.0 Å². The van der Waals surface area contributed by atoms with Gasteiger partial charge in [0, 0.05) is 18.3 Å². The molecule has 28 heavy (non-hydrogen) atoms. The monoisotopic (exact) mass is 408 g/mol. The van der Waals surface area contributed by atoms with Gasteiger partial charge in [-0.1, -0.05) is 25.7 Å². The molecule has 4 aliphatic rings. The van der Waals surface area contributed by atoms with Crippen molar-refractivity contribution in [3.8, 4) is 0 Å². The van der Waals surface area contributed by atoms with Crippen molar-refractivity contribution in [2.24, 2.45) is 29.4 Å².